The molecule has 0 aliphatic heterocycles. The highest BCUT2D eigenvalue weighted by Crippen LogP contribution is 2.24. The number of carbonyl (C=O) groups excluding carboxylic acids is 1. The smallest absolute Gasteiger partial charge is 0.257 e. The van der Waals surface area contributed by atoms with E-state index in [1.54, 1.807) is 25.3 Å². The molecule has 0 radical (unpaired) electrons. The summed E-state index contributed by atoms with van der Waals surface area (Å²) in [6, 6.07) is 16.0. The second-order valence-corrected chi connectivity index (χ2v) is 5.82. The van der Waals surface area contributed by atoms with Crippen LogP contribution in [0.5, 0.6) is 11.5 Å². The lowest BCUT2D eigenvalue weighted by Crippen LogP contribution is -2.13. The standard InChI is InChI=1S/C20H20N2O3/c1-13-11-19(20(24)21-15-5-4-6-17(23)12-15)14(2)22(13)16-7-9-18(25-3)10-8-16/h4-12,23H,1-3H3,(H,21,24). The zero-order chi connectivity index (χ0) is 18.0. The van der Waals surface area contributed by atoms with Crippen LogP contribution in [0.15, 0.2) is 54.6 Å². The van der Waals surface area contributed by atoms with Gasteiger partial charge in [0.1, 0.15) is 11.5 Å². The number of amides is 1. The van der Waals surface area contributed by atoms with E-state index in [4.69, 9.17) is 4.74 Å². The molecule has 2 aromatic carbocycles. The van der Waals surface area contributed by atoms with Crippen LogP contribution in [0.1, 0.15) is 21.7 Å². The van der Waals surface area contributed by atoms with Gasteiger partial charge in [0, 0.05) is 28.8 Å². The van der Waals surface area contributed by atoms with Gasteiger partial charge in [0.05, 0.1) is 12.7 Å². The molecule has 0 unspecified atom stereocenters. The fourth-order valence-electron chi connectivity index (χ4n) is 2.90. The number of aromatic hydroxyl groups is 1. The summed E-state index contributed by atoms with van der Waals surface area (Å²) < 4.78 is 7.22. The molecule has 0 atom stereocenters. The lowest BCUT2D eigenvalue weighted by molar-refractivity contribution is 0.102. The largest absolute Gasteiger partial charge is 0.508 e. The number of phenolic OH excluding ortho intramolecular Hbond substituents is 1. The Morgan fingerprint density at radius 2 is 1.80 bits per heavy atom. The molecule has 128 valence electrons. The second-order valence-electron chi connectivity index (χ2n) is 5.82. The Hall–Kier alpha value is -3.21. The zero-order valence-corrected chi connectivity index (χ0v) is 14.4. The van der Waals surface area contributed by atoms with Crippen molar-refractivity contribution < 1.29 is 14.6 Å². The van der Waals surface area contributed by atoms with Gasteiger partial charge in [-0.15, -0.1) is 0 Å². The maximum Gasteiger partial charge on any atom is 0.257 e. The minimum Gasteiger partial charge on any atom is -0.508 e. The van der Waals surface area contributed by atoms with E-state index in [1.165, 1.54) is 6.07 Å². The van der Waals surface area contributed by atoms with Gasteiger partial charge in [0.15, 0.2) is 0 Å². The van der Waals surface area contributed by atoms with Crippen molar-refractivity contribution in [2.45, 2.75) is 13.8 Å². The van der Waals surface area contributed by atoms with Crippen molar-refractivity contribution in [1.82, 2.24) is 4.57 Å². The van der Waals surface area contributed by atoms with Crippen LogP contribution in [0, 0.1) is 13.8 Å². The third kappa shape index (κ3) is 3.35. The number of rotatable bonds is 4. The van der Waals surface area contributed by atoms with Gasteiger partial charge in [-0.3, -0.25) is 4.79 Å². The van der Waals surface area contributed by atoms with E-state index in [1.807, 2.05) is 48.7 Å². The number of aromatic nitrogens is 1. The third-order valence-electron chi connectivity index (χ3n) is 4.11. The van der Waals surface area contributed by atoms with Crippen LogP contribution in [0.3, 0.4) is 0 Å². The molecule has 1 amide bonds. The van der Waals surface area contributed by atoms with Crippen LogP contribution in [0.2, 0.25) is 0 Å². The van der Waals surface area contributed by atoms with Gasteiger partial charge in [-0.05, 0) is 56.3 Å². The van der Waals surface area contributed by atoms with Crippen LogP contribution in [0.4, 0.5) is 5.69 Å². The number of methoxy groups -OCH3 is 1. The number of aryl methyl sites for hydroxylation is 1. The van der Waals surface area contributed by atoms with Crippen LogP contribution in [0.25, 0.3) is 5.69 Å². The molecule has 0 fully saturated rings. The van der Waals surface area contributed by atoms with E-state index in [0.29, 0.717) is 11.3 Å². The summed E-state index contributed by atoms with van der Waals surface area (Å²) in [6.45, 7) is 3.87. The summed E-state index contributed by atoms with van der Waals surface area (Å²) in [5, 5.41) is 12.3. The number of hydrogen-bond donors (Lipinski definition) is 2. The van der Waals surface area contributed by atoms with E-state index < -0.39 is 0 Å². The predicted octanol–water partition coefficient (Wildman–Crippen LogP) is 4.06. The summed E-state index contributed by atoms with van der Waals surface area (Å²) in [5.41, 5.74) is 3.92. The molecule has 0 aliphatic carbocycles. The average Bonchev–Trinajstić information content (AvgIpc) is 2.90. The van der Waals surface area contributed by atoms with Crippen molar-refractivity contribution in [1.29, 1.82) is 0 Å². The summed E-state index contributed by atoms with van der Waals surface area (Å²) in [6.07, 6.45) is 0. The second kappa shape index (κ2) is 6.73. The van der Waals surface area contributed by atoms with Crippen molar-refractivity contribution in [2.75, 3.05) is 12.4 Å². The van der Waals surface area contributed by atoms with Gasteiger partial charge in [-0.25, -0.2) is 0 Å². The fraction of sp³-hybridized carbons (Fsp3) is 0.150. The van der Waals surface area contributed by atoms with E-state index in [9.17, 15) is 9.90 Å². The minimum atomic E-state index is -0.210. The van der Waals surface area contributed by atoms with E-state index in [0.717, 1.165) is 22.8 Å². The van der Waals surface area contributed by atoms with E-state index >= 15 is 0 Å². The third-order valence-corrected chi connectivity index (χ3v) is 4.11. The quantitative estimate of drug-likeness (QED) is 0.755. The van der Waals surface area contributed by atoms with Gasteiger partial charge >= 0.3 is 0 Å². The molecular weight excluding hydrogens is 316 g/mol. The van der Waals surface area contributed by atoms with Crippen LogP contribution in [-0.4, -0.2) is 22.7 Å². The highest BCUT2D eigenvalue weighted by molar-refractivity contribution is 6.05. The monoisotopic (exact) mass is 336 g/mol. The first-order chi connectivity index (χ1) is 12.0. The topological polar surface area (TPSA) is 63.5 Å². The molecule has 3 aromatic rings. The van der Waals surface area contributed by atoms with Crippen molar-refractivity contribution in [2.24, 2.45) is 0 Å². The van der Waals surface area contributed by atoms with Crippen LogP contribution < -0.4 is 10.1 Å². The number of nitrogens with zero attached hydrogens (tertiary/aromatic N) is 1. The maximum absolute atomic E-state index is 12.6. The molecule has 0 saturated carbocycles. The number of carbonyl (C=O) groups is 1. The molecule has 0 aliphatic rings. The summed E-state index contributed by atoms with van der Waals surface area (Å²) >= 11 is 0. The molecule has 0 bridgehead atoms. The Balaban J connectivity index is 1.91. The maximum atomic E-state index is 12.6. The molecule has 1 aromatic heterocycles. The Kier molecular flexibility index (Phi) is 4.48. The Bertz CT molecular complexity index is 911. The first-order valence-corrected chi connectivity index (χ1v) is 7.93. The molecule has 0 spiro atoms. The number of phenols is 1. The fourth-order valence-corrected chi connectivity index (χ4v) is 2.90. The lowest BCUT2D eigenvalue weighted by atomic mass is 10.2. The van der Waals surface area contributed by atoms with E-state index in [2.05, 4.69) is 5.32 Å². The SMILES string of the molecule is COc1ccc(-n2c(C)cc(C(=O)Nc3cccc(O)c3)c2C)cc1. The summed E-state index contributed by atoms with van der Waals surface area (Å²) in [5.74, 6) is 0.688. The molecule has 5 nitrogen and oxygen atoms in total. The Morgan fingerprint density at radius 1 is 1.08 bits per heavy atom. The normalized spacial score (nSPS) is 10.5. The highest BCUT2D eigenvalue weighted by Gasteiger charge is 2.17. The molecule has 0 saturated heterocycles. The molecule has 2 N–H and O–H groups in total. The first-order valence-electron chi connectivity index (χ1n) is 7.93. The number of nitrogens with one attached hydrogen (secondary N) is 1. The average molecular weight is 336 g/mol. The van der Waals surface area contributed by atoms with Crippen LogP contribution >= 0.6 is 0 Å². The zero-order valence-electron chi connectivity index (χ0n) is 14.4. The molecule has 3 rings (SSSR count). The minimum absolute atomic E-state index is 0.113. The summed E-state index contributed by atoms with van der Waals surface area (Å²) in [7, 11) is 1.63. The molecule has 25 heavy (non-hydrogen) atoms. The van der Waals surface area contributed by atoms with E-state index in [-0.39, 0.29) is 11.7 Å². The highest BCUT2D eigenvalue weighted by atomic mass is 16.5. The summed E-state index contributed by atoms with van der Waals surface area (Å²) in [4.78, 5) is 12.6. The number of anilines is 1. The lowest BCUT2D eigenvalue weighted by Gasteiger charge is -2.11. The Morgan fingerprint density at radius 3 is 2.44 bits per heavy atom. The van der Waals surface area contributed by atoms with Crippen molar-refractivity contribution in [3.05, 3.63) is 71.5 Å². The van der Waals surface area contributed by atoms with Crippen LogP contribution in [-0.2, 0) is 0 Å². The molecule has 1 heterocycles. The molecule has 5 heteroatoms. The van der Waals surface area contributed by atoms with Crippen molar-refractivity contribution in [3.8, 4) is 17.2 Å². The van der Waals surface area contributed by atoms with Gasteiger partial charge in [-0.1, -0.05) is 6.07 Å². The first kappa shape index (κ1) is 16.6. The van der Waals surface area contributed by atoms with Crippen molar-refractivity contribution >= 4 is 11.6 Å². The van der Waals surface area contributed by atoms with Gasteiger partial charge in [0.25, 0.3) is 5.91 Å². The number of hydrogen-bond acceptors (Lipinski definition) is 3. The Labute approximate surface area is 146 Å². The molecular formula is C20H20N2O3. The predicted molar refractivity (Wildman–Crippen MR) is 97.9 cm³/mol. The van der Waals surface area contributed by atoms with Gasteiger partial charge in [-0.2, -0.15) is 0 Å². The number of ether oxygens (including phenoxy) is 1. The van der Waals surface area contributed by atoms with Gasteiger partial charge in [0.2, 0.25) is 0 Å². The van der Waals surface area contributed by atoms with Gasteiger partial charge < -0.3 is 19.7 Å². The van der Waals surface area contributed by atoms with Crippen molar-refractivity contribution in [3.63, 3.8) is 0 Å². The number of benzene rings is 2.